The molecule has 2 fully saturated rings. The first kappa shape index (κ1) is 23.1. The maximum atomic E-state index is 13.3. The third-order valence-corrected chi connectivity index (χ3v) is 6.39. The van der Waals surface area contributed by atoms with Crippen LogP contribution in [0.25, 0.3) is 0 Å². The number of alkyl halides is 3. The van der Waals surface area contributed by atoms with Crippen molar-refractivity contribution in [2.24, 2.45) is 5.92 Å². The summed E-state index contributed by atoms with van der Waals surface area (Å²) in [5, 5.41) is 3.04. The summed E-state index contributed by atoms with van der Waals surface area (Å²) in [6.07, 6.45) is 0.217. The topological polar surface area (TPSA) is 52.6 Å². The molecule has 176 valence electrons. The van der Waals surface area contributed by atoms with E-state index in [0.29, 0.717) is 30.0 Å². The Morgan fingerprint density at radius 3 is 2.39 bits per heavy atom. The summed E-state index contributed by atoms with van der Waals surface area (Å²) < 4.78 is 38.5. The predicted octanol–water partition coefficient (Wildman–Crippen LogP) is 5.97. The lowest BCUT2D eigenvalue weighted by molar-refractivity contribution is -0.137. The number of aryl methyl sites for hydroxylation is 1. The van der Waals surface area contributed by atoms with Crippen LogP contribution in [0.15, 0.2) is 42.5 Å². The molecule has 0 spiro atoms. The number of halogens is 3. The monoisotopic (exact) mass is 459 g/mol. The minimum absolute atomic E-state index is 0.00610. The molecule has 5 nitrogen and oxygen atoms in total. The maximum absolute atomic E-state index is 13.3. The number of anilines is 2. The number of carbonyl (C=O) groups is 2. The number of carbonyl (C=O) groups excluding carboxylic acids is 2. The van der Waals surface area contributed by atoms with E-state index in [1.807, 2.05) is 25.1 Å². The van der Waals surface area contributed by atoms with Crippen LogP contribution in [0.1, 0.15) is 48.8 Å². The zero-order valence-corrected chi connectivity index (χ0v) is 18.6. The van der Waals surface area contributed by atoms with E-state index < -0.39 is 11.7 Å². The molecule has 2 aromatic carbocycles. The van der Waals surface area contributed by atoms with E-state index in [0.717, 1.165) is 49.8 Å². The summed E-state index contributed by atoms with van der Waals surface area (Å²) in [6.45, 7) is 3.19. The molecule has 1 heterocycles. The molecular formula is C25H28F3N3O2. The first-order valence-electron chi connectivity index (χ1n) is 11.4. The molecule has 2 aromatic rings. The standard InChI is InChI=1S/C25H28F3N3O2/c1-17-7-12-22(21(15-17)29-23(32)19-5-2-3-6-19)31-14-4-13-30(24(31)33)16-18-8-10-20(11-9-18)25(26,27)28/h7-12,15,19H,2-6,13-14,16H2,1H3,(H,29,32). The number of nitrogens with one attached hydrogen (secondary N) is 1. The highest BCUT2D eigenvalue weighted by atomic mass is 19.4. The normalized spacial score (nSPS) is 17.5. The molecule has 4 rings (SSSR count). The molecular weight excluding hydrogens is 431 g/mol. The van der Waals surface area contributed by atoms with Gasteiger partial charge in [-0.3, -0.25) is 9.69 Å². The van der Waals surface area contributed by atoms with Crippen LogP contribution in [0.5, 0.6) is 0 Å². The molecule has 1 aliphatic carbocycles. The Morgan fingerprint density at radius 1 is 1.03 bits per heavy atom. The highest BCUT2D eigenvalue weighted by Crippen LogP contribution is 2.33. The lowest BCUT2D eigenvalue weighted by atomic mass is 10.1. The molecule has 33 heavy (non-hydrogen) atoms. The molecule has 0 radical (unpaired) electrons. The van der Waals surface area contributed by atoms with Gasteiger partial charge in [0.05, 0.1) is 16.9 Å². The molecule has 1 saturated heterocycles. The molecule has 1 aliphatic heterocycles. The van der Waals surface area contributed by atoms with Gasteiger partial charge < -0.3 is 10.2 Å². The SMILES string of the molecule is Cc1ccc(N2CCCN(Cc3ccc(C(F)(F)F)cc3)C2=O)c(NC(=O)C2CCCC2)c1. The van der Waals surface area contributed by atoms with Gasteiger partial charge in [0.1, 0.15) is 0 Å². The summed E-state index contributed by atoms with van der Waals surface area (Å²) >= 11 is 0. The van der Waals surface area contributed by atoms with Crippen LogP contribution in [-0.4, -0.2) is 29.9 Å². The van der Waals surface area contributed by atoms with Crippen molar-refractivity contribution in [1.82, 2.24) is 4.90 Å². The van der Waals surface area contributed by atoms with Crippen molar-refractivity contribution in [3.8, 4) is 0 Å². The van der Waals surface area contributed by atoms with Gasteiger partial charge in [-0.25, -0.2) is 4.79 Å². The van der Waals surface area contributed by atoms with Crippen molar-refractivity contribution in [1.29, 1.82) is 0 Å². The summed E-state index contributed by atoms with van der Waals surface area (Å²) in [6, 6.07) is 10.3. The number of rotatable bonds is 5. The van der Waals surface area contributed by atoms with Gasteiger partial charge in [-0.2, -0.15) is 13.2 Å². The third kappa shape index (κ3) is 5.31. The zero-order valence-electron chi connectivity index (χ0n) is 18.6. The van der Waals surface area contributed by atoms with Crippen LogP contribution in [0.3, 0.4) is 0 Å². The average molecular weight is 460 g/mol. The van der Waals surface area contributed by atoms with Gasteiger partial charge in [0.2, 0.25) is 5.91 Å². The number of amides is 3. The molecule has 1 N–H and O–H groups in total. The number of urea groups is 1. The molecule has 2 aliphatic rings. The van der Waals surface area contributed by atoms with Gasteiger partial charge in [-0.1, -0.05) is 31.0 Å². The van der Waals surface area contributed by atoms with E-state index in [2.05, 4.69) is 5.32 Å². The van der Waals surface area contributed by atoms with Gasteiger partial charge in [0.15, 0.2) is 0 Å². The van der Waals surface area contributed by atoms with Gasteiger partial charge in [-0.05, 0) is 61.6 Å². The fraction of sp³-hybridized carbons (Fsp3) is 0.440. The van der Waals surface area contributed by atoms with Crippen LogP contribution in [-0.2, 0) is 17.5 Å². The average Bonchev–Trinajstić information content (AvgIpc) is 3.31. The molecule has 0 unspecified atom stereocenters. The predicted molar refractivity (Wildman–Crippen MR) is 121 cm³/mol. The second kappa shape index (κ2) is 9.45. The Labute approximate surface area is 191 Å². The van der Waals surface area contributed by atoms with Crippen molar-refractivity contribution >= 4 is 23.3 Å². The Bertz CT molecular complexity index is 1010. The highest BCUT2D eigenvalue weighted by Gasteiger charge is 2.32. The second-order valence-electron chi connectivity index (χ2n) is 8.90. The number of hydrogen-bond donors (Lipinski definition) is 1. The lowest BCUT2D eigenvalue weighted by Gasteiger charge is -2.36. The minimum Gasteiger partial charge on any atom is -0.324 e. The van der Waals surface area contributed by atoms with Crippen molar-refractivity contribution in [2.75, 3.05) is 23.3 Å². The smallest absolute Gasteiger partial charge is 0.324 e. The van der Waals surface area contributed by atoms with E-state index in [4.69, 9.17) is 0 Å². The third-order valence-electron chi connectivity index (χ3n) is 6.39. The second-order valence-corrected chi connectivity index (χ2v) is 8.90. The lowest BCUT2D eigenvalue weighted by Crippen LogP contribution is -2.49. The van der Waals surface area contributed by atoms with Crippen molar-refractivity contribution in [3.05, 3.63) is 59.2 Å². The summed E-state index contributed by atoms with van der Waals surface area (Å²) in [5.74, 6) is -0.00277. The Kier molecular flexibility index (Phi) is 6.63. The van der Waals surface area contributed by atoms with Crippen molar-refractivity contribution in [2.45, 2.75) is 51.7 Å². The number of benzene rings is 2. The minimum atomic E-state index is -4.39. The number of hydrogen-bond acceptors (Lipinski definition) is 2. The Hall–Kier alpha value is -3.03. The Balaban J connectivity index is 1.51. The van der Waals surface area contributed by atoms with Crippen LogP contribution in [0.4, 0.5) is 29.3 Å². The van der Waals surface area contributed by atoms with Gasteiger partial charge >= 0.3 is 12.2 Å². The number of nitrogens with zero attached hydrogens (tertiary/aromatic N) is 2. The molecule has 1 saturated carbocycles. The first-order valence-corrected chi connectivity index (χ1v) is 11.4. The van der Waals surface area contributed by atoms with E-state index in [9.17, 15) is 22.8 Å². The molecule has 0 aromatic heterocycles. The van der Waals surface area contributed by atoms with Gasteiger partial charge in [0.25, 0.3) is 0 Å². The fourth-order valence-corrected chi connectivity index (χ4v) is 4.58. The highest BCUT2D eigenvalue weighted by molar-refractivity contribution is 6.01. The molecule has 0 bridgehead atoms. The maximum Gasteiger partial charge on any atom is 0.416 e. The summed E-state index contributed by atoms with van der Waals surface area (Å²) in [7, 11) is 0. The largest absolute Gasteiger partial charge is 0.416 e. The van der Waals surface area contributed by atoms with E-state index in [-0.39, 0.29) is 24.4 Å². The summed E-state index contributed by atoms with van der Waals surface area (Å²) in [4.78, 5) is 29.3. The molecule has 0 atom stereocenters. The van der Waals surface area contributed by atoms with E-state index in [1.165, 1.54) is 12.1 Å². The first-order chi connectivity index (χ1) is 15.7. The van der Waals surface area contributed by atoms with E-state index in [1.54, 1.807) is 9.80 Å². The van der Waals surface area contributed by atoms with E-state index >= 15 is 0 Å². The van der Waals surface area contributed by atoms with Crippen LogP contribution in [0, 0.1) is 12.8 Å². The van der Waals surface area contributed by atoms with Crippen LogP contribution in [0.2, 0.25) is 0 Å². The Morgan fingerprint density at radius 2 is 1.73 bits per heavy atom. The van der Waals surface area contributed by atoms with Crippen molar-refractivity contribution < 1.29 is 22.8 Å². The van der Waals surface area contributed by atoms with Gasteiger partial charge in [0, 0.05) is 25.6 Å². The molecule has 8 heteroatoms. The van der Waals surface area contributed by atoms with Crippen LogP contribution < -0.4 is 10.2 Å². The van der Waals surface area contributed by atoms with Crippen LogP contribution >= 0.6 is 0 Å². The van der Waals surface area contributed by atoms with Gasteiger partial charge in [-0.15, -0.1) is 0 Å². The fourth-order valence-electron chi connectivity index (χ4n) is 4.58. The molecule has 3 amide bonds. The van der Waals surface area contributed by atoms with Crippen molar-refractivity contribution in [3.63, 3.8) is 0 Å². The summed E-state index contributed by atoms with van der Waals surface area (Å²) in [5.41, 5.74) is 2.18. The zero-order chi connectivity index (χ0) is 23.6. The quantitative estimate of drug-likeness (QED) is 0.599.